The van der Waals surface area contributed by atoms with E-state index < -0.39 is 0 Å². The van der Waals surface area contributed by atoms with Gasteiger partial charge in [-0.05, 0) is 29.9 Å². The summed E-state index contributed by atoms with van der Waals surface area (Å²) >= 11 is 0. The van der Waals surface area contributed by atoms with Crippen LogP contribution in [-0.2, 0) is 7.05 Å². The first-order chi connectivity index (χ1) is 9.27. The van der Waals surface area contributed by atoms with Gasteiger partial charge in [0.05, 0.1) is 6.20 Å². The lowest BCUT2D eigenvalue weighted by Crippen LogP contribution is -2.06. The number of aromatic nitrogens is 2. The number of nitrogens with two attached hydrogens (primary N) is 1. The van der Waals surface area contributed by atoms with Gasteiger partial charge in [0.25, 0.3) is 0 Å². The Labute approximate surface area is 114 Å². The minimum atomic E-state index is 0.685. The highest BCUT2D eigenvalue weighted by Gasteiger charge is 2.20. The van der Waals surface area contributed by atoms with Crippen LogP contribution in [-0.4, -0.2) is 9.78 Å². The van der Waals surface area contributed by atoms with Gasteiger partial charge in [-0.3, -0.25) is 4.68 Å². The zero-order chi connectivity index (χ0) is 13.2. The maximum atomic E-state index is 6.13. The molecule has 1 aliphatic carbocycles. The number of nitrogens with zero attached hydrogens (tertiary/aromatic N) is 2. The first-order valence-corrected chi connectivity index (χ1v) is 7.14. The molecule has 1 aromatic heterocycles. The monoisotopic (exact) mass is 255 g/mol. The molecule has 0 spiro atoms. The van der Waals surface area contributed by atoms with Crippen molar-refractivity contribution in [3.05, 3.63) is 36.0 Å². The first-order valence-electron chi connectivity index (χ1n) is 7.14. The van der Waals surface area contributed by atoms with Crippen LogP contribution >= 0.6 is 0 Å². The van der Waals surface area contributed by atoms with Gasteiger partial charge in [-0.15, -0.1) is 0 Å². The molecule has 19 heavy (non-hydrogen) atoms. The van der Waals surface area contributed by atoms with Gasteiger partial charge in [0, 0.05) is 12.6 Å². The van der Waals surface area contributed by atoms with Crippen molar-refractivity contribution < 1.29 is 0 Å². The van der Waals surface area contributed by atoms with Gasteiger partial charge < -0.3 is 5.73 Å². The number of hydrogen-bond acceptors (Lipinski definition) is 2. The Balaban J connectivity index is 2.04. The summed E-state index contributed by atoms with van der Waals surface area (Å²) in [7, 11) is 1.89. The molecule has 0 aliphatic heterocycles. The summed E-state index contributed by atoms with van der Waals surface area (Å²) < 4.78 is 1.74. The lowest BCUT2D eigenvalue weighted by molar-refractivity contribution is 0.444. The summed E-state index contributed by atoms with van der Waals surface area (Å²) in [5.74, 6) is 1.44. The number of anilines is 1. The van der Waals surface area contributed by atoms with E-state index in [1.807, 2.05) is 13.2 Å². The van der Waals surface area contributed by atoms with Crippen molar-refractivity contribution in [1.82, 2.24) is 9.78 Å². The molecule has 2 N–H and O–H groups in total. The van der Waals surface area contributed by atoms with E-state index in [0.29, 0.717) is 5.92 Å². The van der Waals surface area contributed by atoms with Crippen LogP contribution in [0.3, 0.4) is 0 Å². The van der Waals surface area contributed by atoms with Crippen molar-refractivity contribution >= 4 is 5.82 Å². The molecule has 1 aliphatic rings. The maximum Gasteiger partial charge on any atom is 0.129 e. The summed E-state index contributed by atoms with van der Waals surface area (Å²) in [4.78, 5) is 0. The molecule has 0 saturated heterocycles. The van der Waals surface area contributed by atoms with E-state index in [1.54, 1.807) is 4.68 Å². The number of benzene rings is 1. The molecule has 1 fully saturated rings. The highest BCUT2D eigenvalue weighted by Crippen LogP contribution is 2.39. The first kappa shape index (κ1) is 12.3. The Kier molecular flexibility index (Phi) is 3.28. The predicted octanol–water partition coefficient (Wildman–Crippen LogP) is 3.72. The van der Waals surface area contributed by atoms with Crippen LogP contribution < -0.4 is 5.73 Å². The summed E-state index contributed by atoms with van der Waals surface area (Å²) in [6.45, 7) is 0. The largest absolute Gasteiger partial charge is 0.383 e. The second-order valence-electron chi connectivity index (χ2n) is 5.49. The van der Waals surface area contributed by atoms with E-state index in [0.717, 1.165) is 11.4 Å². The highest BCUT2D eigenvalue weighted by atomic mass is 15.3. The van der Waals surface area contributed by atoms with Crippen molar-refractivity contribution in [3.63, 3.8) is 0 Å². The molecule has 1 heterocycles. The average molecular weight is 255 g/mol. The molecule has 3 nitrogen and oxygen atoms in total. The molecule has 0 radical (unpaired) electrons. The zero-order valence-corrected chi connectivity index (χ0v) is 11.5. The topological polar surface area (TPSA) is 43.8 Å². The molecule has 0 unspecified atom stereocenters. The third-order valence-electron chi connectivity index (χ3n) is 4.28. The molecule has 2 aromatic rings. The van der Waals surface area contributed by atoms with Gasteiger partial charge in [-0.2, -0.15) is 5.10 Å². The fraction of sp³-hybridized carbons (Fsp3) is 0.438. The van der Waals surface area contributed by atoms with E-state index in [9.17, 15) is 0 Å². The van der Waals surface area contributed by atoms with Crippen molar-refractivity contribution in [3.8, 4) is 11.1 Å². The Morgan fingerprint density at radius 2 is 1.84 bits per heavy atom. The summed E-state index contributed by atoms with van der Waals surface area (Å²) in [6.07, 6.45) is 8.57. The number of aryl methyl sites for hydroxylation is 1. The second kappa shape index (κ2) is 5.08. The Morgan fingerprint density at radius 3 is 2.53 bits per heavy atom. The minimum Gasteiger partial charge on any atom is -0.383 e. The SMILES string of the molecule is Cn1ncc(-c2ccccc2C2CCCCC2)c1N. The molecule has 100 valence electrons. The van der Waals surface area contributed by atoms with E-state index in [-0.39, 0.29) is 0 Å². The predicted molar refractivity (Wildman–Crippen MR) is 78.9 cm³/mol. The van der Waals surface area contributed by atoms with Gasteiger partial charge >= 0.3 is 0 Å². The number of rotatable bonds is 2. The molecular formula is C16H21N3. The summed E-state index contributed by atoms with van der Waals surface area (Å²) in [6, 6.07) is 8.67. The third-order valence-corrected chi connectivity index (χ3v) is 4.28. The van der Waals surface area contributed by atoms with Crippen LogP contribution in [0.15, 0.2) is 30.5 Å². The molecule has 0 amide bonds. The fourth-order valence-corrected chi connectivity index (χ4v) is 3.17. The number of hydrogen-bond donors (Lipinski definition) is 1. The molecule has 0 bridgehead atoms. The lowest BCUT2D eigenvalue weighted by Gasteiger charge is -2.24. The number of nitrogen functional groups attached to an aromatic ring is 1. The Bertz CT molecular complexity index is 565. The minimum absolute atomic E-state index is 0.685. The van der Waals surface area contributed by atoms with E-state index in [2.05, 4.69) is 29.4 Å². The van der Waals surface area contributed by atoms with Gasteiger partial charge in [0.1, 0.15) is 5.82 Å². The van der Waals surface area contributed by atoms with E-state index >= 15 is 0 Å². The van der Waals surface area contributed by atoms with Crippen LogP contribution in [0.2, 0.25) is 0 Å². The second-order valence-corrected chi connectivity index (χ2v) is 5.49. The van der Waals surface area contributed by atoms with E-state index in [1.165, 1.54) is 43.2 Å². The van der Waals surface area contributed by atoms with Crippen molar-refractivity contribution in [1.29, 1.82) is 0 Å². The van der Waals surface area contributed by atoms with Crippen LogP contribution in [0.5, 0.6) is 0 Å². The van der Waals surface area contributed by atoms with Crippen molar-refractivity contribution in [2.75, 3.05) is 5.73 Å². The smallest absolute Gasteiger partial charge is 0.129 e. The van der Waals surface area contributed by atoms with Crippen LogP contribution in [0.1, 0.15) is 43.6 Å². The zero-order valence-electron chi connectivity index (χ0n) is 11.5. The standard InChI is InChI=1S/C16H21N3/c1-19-16(17)15(11-18-19)14-10-6-5-9-13(14)12-7-3-2-4-8-12/h5-6,9-12H,2-4,7-8,17H2,1H3. The normalized spacial score (nSPS) is 16.7. The molecule has 1 aromatic carbocycles. The van der Waals surface area contributed by atoms with Gasteiger partial charge in [-0.25, -0.2) is 0 Å². The van der Waals surface area contributed by atoms with Gasteiger partial charge in [0.15, 0.2) is 0 Å². The van der Waals surface area contributed by atoms with Gasteiger partial charge in [0.2, 0.25) is 0 Å². The van der Waals surface area contributed by atoms with Crippen molar-refractivity contribution in [2.24, 2.45) is 7.05 Å². The van der Waals surface area contributed by atoms with Crippen molar-refractivity contribution in [2.45, 2.75) is 38.0 Å². The highest BCUT2D eigenvalue weighted by molar-refractivity contribution is 5.76. The summed E-state index contributed by atoms with van der Waals surface area (Å²) in [5.41, 5.74) is 9.92. The van der Waals surface area contributed by atoms with Crippen LogP contribution in [0, 0.1) is 0 Å². The maximum absolute atomic E-state index is 6.13. The fourth-order valence-electron chi connectivity index (χ4n) is 3.17. The summed E-state index contributed by atoms with van der Waals surface area (Å²) in [5, 5.41) is 4.27. The van der Waals surface area contributed by atoms with E-state index in [4.69, 9.17) is 5.73 Å². The molecular weight excluding hydrogens is 234 g/mol. The van der Waals surface area contributed by atoms with Crippen LogP contribution in [0.4, 0.5) is 5.82 Å². The Morgan fingerprint density at radius 1 is 1.11 bits per heavy atom. The molecule has 3 rings (SSSR count). The molecule has 0 atom stereocenters. The molecule has 3 heteroatoms. The third kappa shape index (κ3) is 2.25. The van der Waals surface area contributed by atoms with Crippen LogP contribution in [0.25, 0.3) is 11.1 Å². The quantitative estimate of drug-likeness (QED) is 0.888. The average Bonchev–Trinajstić information content (AvgIpc) is 2.80. The molecule has 1 saturated carbocycles. The van der Waals surface area contributed by atoms with Gasteiger partial charge in [-0.1, -0.05) is 43.5 Å². The Hall–Kier alpha value is -1.77. The lowest BCUT2D eigenvalue weighted by atomic mass is 9.81.